The van der Waals surface area contributed by atoms with Crippen LogP contribution in [-0.4, -0.2) is 38.4 Å². The molecule has 0 aliphatic heterocycles. The molecule has 8 heteroatoms. The van der Waals surface area contributed by atoms with Crippen LogP contribution in [0.1, 0.15) is 5.56 Å². The van der Waals surface area contributed by atoms with Gasteiger partial charge in [0.05, 0.1) is 5.75 Å². The van der Waals surface area contributed by atoms with Crippen molar-refractivity contribution in [3.05, 3.63) is 96.1 Å². The molecule has 1 aromatic heterocycles. The Labute approximate surface area is 188 Å². The van der Waals surface area contributed by atoms with Gasteiger partial charge in [0.2, 0.25) is 5.91 Å². The van der Waals surface area contributed by atoms with Crippen LogP contribution in [0.5, 0.6) is 0 Å². The minimum absolute atomic E-state index is 0.103. The molecular formula is C24H20F2N4OS. The Balaban J connectivity index is 1.54. The van der Waals surface area contributed by atoms with Gasteiger partial charge in [-0.3, -0.25) is 9.36 Å². The Kier molecular flexibility index (Phi) is 6.61. The summed E-state index contributed by atoms with van der Waals surface area (Å²) in [6, 6.07) is 21.7. The summed E-state index contributed by atoms with van der Waals surface area (Å²) in [5, 5.41) is 9.13. The number of aromatic nitrogens is 3. The van der Waals surface area contributed by atoms with E-state index in [-0.39, 0.29) is 23.3 Å². The van der Waals surface area contributed by atoms with Crippen molar-refractivity contribution in [2.24, 2.45) is 0 Å². The van der Waals surface area contributed by atoms with Crippen molar-refractivity contribution in [1.29, 1.82) is 0 Å². The molecule has 0 fully saturated rings. The van der Waals surface area contributed by atoms with Gasteiger partial charge in [0.1, 0.15) is 11.6 Å². The van der Waals surface area contributed by atoms with Crippen molar-refractivity contribution < 1.29 is 13.6 Å². The summed E-state index contributed by atoms with van der Waals surface area (Å²) in [4.78, 5) is 14.3. The van der Waals surface area contributed by atoms with Crippen LogP contribution in [0, 0.1) is 11.6 Å². The average molecular weight is 451 g/mol. The van der Waals surface area contributed by atoms with Crippen molar-refractivity contribution in [1.82, 2.24) is 19.7 Å². The molecule has 0 bridgehead atoms. The number of amides is 1. The molecule has 0 aliphatic rings. The van der Waals surface area contributed by atoms with Crippen LogP contribution in [0.3, 0.4) is 0 Å². The summed E-state index contributed by atoms with van der Waals surface area (Å²) >= 11 is 1.26. The molecule has 3 aromatic carbocycles. The van der Waals surface area contributed by atoms with Crippen LogP contribution in [0.2, 0.25) is 0 Å². The van der Waals surface area contributed by atoms with Crippen molar-refractivity contribution in [3.8, 4) is 17.1 Å². The first kappa shape index (κ1) is 21.7. The fourth-order valence-corrected chi connectivity index (χ4v) is 4.04. The second-order valence-electron chi connectivity index (χ2n) is 7.15. The minimum Gasteiger partial charge on any atom is -0.341 e. The van der Waals surface area contributed by atoms with Crippen molar-refractivity contribution in [2.45, 2.75) is 11.7 Å². The van der Waals surface area contributed by atoms with E-state index >= 15 is 0 Å². The molecule has 0 saturated carbocycles. The lowest BCUT2D eigenvalue weighted by Gasteiger charge is -2.17. The summed E-state index contributed by atoms with van der Waals surface area (Å²) in [6.07, 6.45) is 0. The van der Waals surface area contributed by atoms with E-state index in [4.69, 9.17) is 0 Å². The van der Waals surface area contributed by atoms with E-state index < -0.39 is 0 Å². The number of hydrogen-bond donors (Lipinski definition) is 0. The summed E-state index contributed by atoms with van der Waals surface area (Å²) < 4.78 is 28.4. The molecule has 0 unspecified atom stereocenters. The van der Waals surface area contributed by atoms with Crippen molar-refractivity contribution in [3.63, 3.8) is 0 Å². The van der Waals surface area contributed by atoms with Crippen molar-refractivity contribution in [2.75, 3.05) is 12.8 Å². The SMILES string of the molecule is CN(Cc1ccc(F)cc1)C(=O)CSc1nnc(-c2ccccc2)n1-c1ccc(F)cc1. The molecule has 32 heavy (non-hydrogen) atoms. The van der Waals surface area contributed by atoms with Crippen LogP contribution in [0.4, 0.5) is 8.78 Å². The van der Waals surface area contributed by atoms with Gasteiger partial charge < -0.3 is 4.90 Å². The highest BCUT2D eigenvalue weighted by Gasteiger charge is 2.18. The third-order valence-electron chi connectivity index (χ3n) is 4.83. The Morgan fingerprint density at radius 3 is 2.19 bits per heavy atom. The standard InChI is InChI=1S/C24H20F2N4OS/c1-29(15-17-7-9-19(25)10-8-17)22(31)16-32-24-28-27-23(18-5-3-2-4-6-18)30(24)21-13-11-20(26)12-14-21/h2-14H,15-16H2,1H3. The second-order valence-corrected chi connectivity index (χ2v) is 8.09. The number of benzene rings is 3. The van der Waals surface area contributed by atoms with E-state index in [0.29, 0.717) is 23.2 Å². The van der Waals surface area contributed by atoms with Gasteiger partial charge in [-0.25, -0.2) is 8.78 Å². The molecule has 1 heterocycles. The molecule has 5 nitrogen and oxygen atoms in total. The number of halogens is 2. The zero-order valence-corrected chi connectivity index (χ0v) is 18.1. The monoisotopic (exact) mass is 450 g/mol. The van der Waals surface area contributed by atoms with Crippen LogP contribution >= 0.6 is 11.8 Å². The molecule has 162 valence electrons. The maximum atomic E-state index is 13.5. The summed E-state index contributed by atoms with van der Waals surface area (Å²) in [6.45, 7) is 0.375. The first-order valence-corrected chi connectivity index (χ1v) is 10.9. The summed E-state index contributed by atoms with van der Waals surface area (Å²) in [5.74, 6) is -0.00480. The van der Waals surface area contributed by atoms with E-state index in [1.54, 1.807) is 36.2 Å². The van der Waals surface area contributed by atoms with Crippen LogP contribution in [-0.2, 0) is 11.3 Å². The Hall–Kier alpha value is -3.52. The van der Waals surface area contributed by atoms with E-state index in [0.717, 1.165) is 11.1 Å². The zero-order chi connectivity index (χ0) is 22.5. The topological polar surface area (TPSA) is 51.0 Å². The summed E-state index contributed by atoms with van der Waals surface area (Å²) in [5.41, 5.74) is 2.40. The number of carbonyl (C=O) groups is 1. The van der Waals surface area contributed by atoms with Gasteiger partial charge in [0, 0.05) is 24.8 Å². The second kappa shape index (κ2) is 9.74. The molecule has 0 atom stereocenters. The summed E-state index contributed by atoms with van der Waals surface area (Å²) in [7, 11) is 1.70. The lowest BCUT2D eigenvalue weighted by atomic mass is 10.2. The molecular weight excluding hydrogens is 430 g/mol. The van der Waals surface area contributed by atoms with Crippen LogP contribution in [0.25, 0.3) is 17.1 Å². The number of rotatable bonds is 7. The number of hydrogen-bond acceptors (Lipinski definition) is 4. The minimum atomic E-state index is -0.338. The molecule has 0 aliphatic carbocycles. The van der Waals surface area contributed by atoms with Gasteiger partial charge in [0.25, 0.3) is 0 Å². The van der Waals surface area contributed by atoms with Crippen LogP contribution in [0.15, 0.2) is 84.0 Å². The highest BCUT2D eigenvalue weighted by atomic mass is 32.2. The third kappa shape index (κ3) is 5.03. The first-order valence-electron chi connectivity index (χ1n) is 9.89. The lowest BCUT2D eigenvalue weighted by Crippen LogP contribution is -2.27. The predicted molar refractivity (Wildman–Crippen MR) is 120 cm³/mol. The fraction of sp³-hybridized carbons (Fsp3) is 0.125. The van der Waals surface area contributed by atoms with Gasteiger partial charge >= 0.3 is 0 Å². The Morgan fingerprint density at radius 1 is 0.906 bits per heavy atom. The maximum absolute atomic E-state index is 13.5. The molecule has 4 rings (SSSR count). The molecule has 0 spiro atoms. The molecule has 0 N–H and O–H groups in total. The molecule has 0 saturated heterocycles. The van der Waals surface area contributed by atoms with E-state index in [9.17, 15) is 13.6 Å². The van der Waals surface area contributed by atoms with Gasteiger partial charge in [0.15, 0.2) is 11.0 Å². The van der Waals surface area contributed by atoms with Crippen molar-refractivity contribution >= 4 is 17.7 Å². The number of nitrogens with zero attached hydrogens (tertiary/aromatic N) is 4. The smallest absolute Gasteiger partial charge is 0.233 e. The zero-order valence-electron chi connectivity index (χ0n) is 17.3. The van der Waals surface area contributed by atoms with Gasteiger partial charge in [-0.15, -0.1) is 10.2 Å². The largest absolute Gasteiger partial charge is 0.341 e. The Morgan fingerprint density at radius 2 is 1.53 bits per heavy atom. The third-order valence-corrected chi connectivity index (χ3v) is 5.75. The van der Waals surface area contributed by atoms with Crippen LogP contribution < -0.4 is 0 Å². The highest BCUT2D eigenvalue weighted by molar-refractivity contribution is 7.99. The van der Waals surface area contributed by atoms with Gasteiger partial charge in [-0.2, -0.15) is 0 Å². The predicted octanol–water partition coefficient (Wildman–Crippen LogP) is 4.96. The van der Waals surface area contributed by atoms with E-state index in [1.807, 2.05) is 34.9 Å². The highest BCUT2D eigenvalue weighted by Crippen LogP contribution is 2.28. The normalized spacial score (nSPS) is 10.8. The molecule has 1 amide bonds. The first-order chi connectivity index (χ1) is 15.5. The number of carbonyl (C=O) groups excluding carboxylic acids is 1. The molecule has 4 aromatic rings. The van der Waals surface area contributed by atoms with E-state index in [1.165, 1.54) is 36.0 Å². The molecule has 0 radical (unpaired) electrons. The van der Waals surface area contributed by atoms with Gasteiger partial charge in [-0.1, -0.05) is 54.2 Å². The average Bonchev–Trinajstić information content (AvgIpc) is 3.24. The maximum Gasteiger partial charge on any atom is 0.233 e. The fourth-order valence-electron chi connectivity index (χ4n) is 3.15. The van der Waals surface area contributed by atoms with E-state index in [2.05, 4.69) is 10.2 Å². The Bertz CT molecular complexity index is 1200. The quantitative estimate of drug-likeness (QED) is 0.374. The number of thioether (sulfide) groups is 1. The van der Waals surface area contributed by atoms with Gasteiger partial charge in [-0.05, 0) is 42.0 Å². The lowest BCUT2D eigenvalue weighted by molar-refractivity contribution is -0.127.